The number of rotatable bonds is 11. The highest BCUT2D eigenvalue weighted by atomic mass is 16.6. The van der Waals surface area contributed by atoms with Crippen LogP contribution in [0.5, 0.6) is 0 Å². The number of benzene rings is 3. The summed E-state index contributed by atoms with van der Waals surface area (Å²) in [6, 6.07) is 24.4. The molecule has 7 heteroatoms. The zero-order valence-electron chi connectivity index (χ0n) is 22.0. The molecule has 0 saturated heterocycles. The molecule has 0 radical (unpaired) electrons. The van der Waals surface area contributed by atoms with E-state index in [9.17, 15) is 24.6 Å². The Morgan fingerprint density at radius 2 is 1.32 bits per heavy atom. The Labute approximate surface area is 223 Å². The highest BCUT2D eigenvalue weighted by Crippen LogP contribution is 2.20. The van der Waals surface area contributed by atoms with Crippen LogP contribution < -0.4 is 5.32 Å². The summed E-state index contributed by atoms with van der Waals surface area (Å²) in [7, 11) is 0. The number of nitrogens with one attached hydrogen (secondary N) is 1. The number of aliphatic hydroxyl groups is 1. The molecule has 3 aromatic carbocycles. The van der Waals surface area contributed by atoms with Crippen LogP contribution in [0.3, 0.4) is 0 Å². The van der Waals surface area contributed by atoms with Gasteiger partial charge in [0, 0.05) is 11.1 Å². The van der Waals surface area contributed by atoms with Crippen LogP contribution in [0, 0.1) is 5.92 Å². The van der Waals surface area contributed by atoms with Crippen molar-refractivity contribution in [1.82, 2.24) is 5.32 Å². The third-order valence-corrected chi connectivity index (χ3v) is 6.07. The van der Waals surface area contributed by atoms with Gasteiger partial charge < -0.3 is 20.3 Å². The Hall–Kier alpha value is -3.97. The number of carboxylic acid groups (broad SMARTS) is 1. The SMILES string of the molecule is CC(C)(C)OC(=O)N[C@@H](Cc1ccccc1)[C@H](O)C[C@H](Cc1ccc(C(=O)c2ccccc2)cc1)C(=O)O. The lowest BCUT2D eigenvalue weighted by Gasteiger charge is -2.28. The van der Waals surface area contributed by atoms with Gasteiger partial charge in [-0.3, -0.25) is 9.59 Å². The van der Waals surface area contributed by atoms with Crippen molar-refractivity contribution in [2.45, 2.75) is 57.8 Å². The second-order valence-corrected chi connectivity index (χ2v) is 10.4. The Kier molecular flexibility index (Phi) is 9.79. The summed E-state index contributed by atoms with van der Waals surface area (Å²) in [6.45, 7) is 5.23. The van der Waals surface area contributed by atoms with E-state index in [1.54, 1.807) is 69.3 Å². The average molecular weight is 518 g/mol. The van der Waals surface area contributed by atoms with E-state index in [1.807, 2.05) is 36.4 Å². The van der Waals surface area contributed by atoms with E-state index in [1.165, 1.54) is 0 Å². The molecule has 3 aromatic rings. The number of ketones is 1. The average Bonchev–Trinajstić information content (AvgIpc) is 2.88. The molecule has 0 aliphatic heterocycles. The minimum Gasteiger partial charge on any atom is -0.481 e. The summed E-state index contributed by atoms with van der Waals surface area (Å²) in [5, 5.41) is 23.7. The summed E-state index contributed by atoms with van der Waals surface area (Å²) in [6.07, 6.45) is -1.42. The largest absolute Gasteiger partial charge is 0.481 e. The topological polar surface area (TPSA) is 113 Å². The maximum atomic E-state index is 12.7. The van der Waals surface area contributed by atoms with Crippen LogP contribution in [0.4, 0.5) is 4.79 Å². The number of carbonyl (C=O) groups is 3. The predicted molar refractivity (Wildman–Crippen MR) is 145 cm³/mol. The van der Waals surface area contributed by atoms with Crippen LogP contribution in [0.1, 0.15) is 54.2 Å². The zero-order chi connectivity index (χ0) is 27.7. The molecule has 0 unspecified atom stereocenters. The molecule has 3 rings (SSSR count). The van der Waals surface area contributed by atoms with Crippen LogP contribution in [0.2, 0.25) is 0 Å². The summed E-state index contributed by atoms with van der Waals surface area (Å²) >= 11 is 0. The molecule has 7 nitrogen and oxygen atoms in total. The van der Waals surface area contributed by atoms with Crippen molar-refractivity contribution in [1.29, 1.82) is 0 Å². The number of alkyl carbamates (subject to hydrolysis) is 1. The second kappa shape index (κ2) is 13.0. The summed E-state index contributed by atoms with van der Waals surface area (Å²) in [5.41, 5.74) is 1.99. The van der Waals surface area contributed by atoms with E-state index < -0.39 is 35.7 Å². The van der Waals surface area contributed by atoms with Gasteiger partial charge in [0.2, 0.25) is 0 Å². The van der Waals surface area contributed by atoms with Crippen molar-refractivity contribution in [3.8, 4) is 0 Å². The molecule has 1 amide bonds. The van der Waals surface area contributed by atoms with Crippen LogP contribution >= 0.6 is 0 Å². The van der Waals surface area contributed by atoms with E-state index in [0.717, 1.165) is 11.1 Å². The van der Waals surface area contributed by atoms with Crippen LogP contribution in [0.15, 0.2) is 84.9 Å². The molecule has 0 spiro atoms. The zero-order valence-corrected chi connectivity index (χ0v) is 22.0. The molecule has 0 aliphatic carbocycles. The van der Waals surface area contributed by atoms with Gasteiger partial charge in [0.15, 0.2) is 5.78 Å². The van der Waals surface area contributed by atoms with Gasteiger partial charge in [-0.25, -0.2) is 4.79 Å². The van der Waals surface area contributed by atoms with Crippen molar-refractivity contribution in [3.63, 3.8) is 0 Å². The Morgan fingerprint density at radius 3 is 1.87 bits per heavy atom. The maximum Gasteiger partial charge on any atom is 0.407 e. The lowest BCUT2D eigenvalue weighted by Crippen LogP contribution is -2.47. The normalized spacial score (nSPS) is 13.7. The van der Waals surface area contributed by atoms with E-state index in [0.29, 0.717) is 17.5 Å². The Bertz CT molecular complexity index is 1200. The summed E-state index contributed by atoms with van der Waals surface area (Å²) < 4.78 is 5.36. The number of hydrogen-bond acceptors (Lipinski definition) is 5. The lowest BCUT2D eigenvalue weighted by molar-refractivity contribution is -0.143. The van der Waals surface area contributed by atoms with Gasteiger partial charge >= 0.3 is 12.1 Å². The molecular formula is C31H35NO6. The number of carbonyl (C=O) groups excluding carboxylic acids is 2. The lowest BCUT2D eigenvalue weighted by atomic mass is 9.89. The van der Waals surface area contributed by atoms with Crippen LogP contribution in [0.25, 0.3) is 0 Å². The molecule has 0 fully saturated rings. The first kappa shape index (κ1) is 28.6. The van der Waals surface area contributed by atoms with Gasteiger partial charge in [-0.15, -0.1) is 0 Å². The quantitative estimate of drug-likeness (QED) is 0.307. The molecule has 0 saturated carbocycles. The van der Waals surface area contributed by atoms with Gasteiger partial charge in [-0.1, -0.05) is 84.9 Å². The Morgan fingerprint density at radius 1 is 0.789 bits per heavy atom. The van der Waals surface area contributed by atoms with E-state index >= 15 is 0 Å². The minimum atomic E-state index is -1.14. The number of ether oxygens (including phenoxy) is 1. The smallest absolute Gasteiger partial charge is 0.407 e. The predicted octanol–water partition coefficient (Wildman–Crippen LogP) is 5.05. The second-order valence-electron chi connectivity index (χ2n) is 10.4. The standard InChI is InChI=1S/C31H35NO6/c1-31(2,3)38-30(37)32-26(19-21-10-6-4-7-11-21)27(33)20-25(29(35)36)18-22-14-16-24(17-15-22)28(34)23-12-8-5-9-13-23/h4-17,25-27,33H,18-20H2,1-3H3,(H,32,37)(H,35,36)/t25-,26-,27+/m0/s1. The molecule has 3 atom stereocenters. The molecule has 0 aliphatic rings. The van der Waals surface area contributed by atoms with E-state index in [4.69, 9.17) is 4.74 Å². The Balaban J connectivity index is 1.71. The molecule has 0 heterocycles. The van der Waals surface area contributed by atoms with Crippen molar-refractivity contribution < 1.29 is 29.3 Å². The summed E-state index contributed by atoms with van der Waals surface area (Å²) in [5.74, 6) is -2.07. The van der Waals surface area contributed by atoms with Crippen molar-refractivity contribution in [2.75, 3.05) is 0 Å². The molecule has 0 aromatic heterocycles. The fourth-order valence-electron chi connectivity index (χ4n) is 4.17. The van der Waals surface area contributed by atoms with Gasteiger partial charge in [-0.2, -0.15) is 0 Å². The molecule has 38 heavy (non-hydrogen) atoms. The number of aliphatic hydroxyl groups excluding tert-OH is 1. The number of amides is 1. The van der Waals surface area contributed by atoms with Crippen LogP contribution in [-0.2, 0) is 22.4 Å². The molecule has 3 N–H and O–H groups in total. The van der Waals surface area contributed by atoms with Crippen molar-refractivity contribution in [3.05, 3.63) is 107 Å². The first-order valence-electron chi connectivity index (χ1n) is 12.6. The highest BCUT2D eigenvalue weighted by Gasteiger charge is 2.30. The first-order chi connectivity index (χ1) is 18.0. The van der Waals surface area contributed by atoms with Gasteiger partial charge in [0.05, 0.1) is 18.1 Å². The fourth-order valence-corrected chi connectivity index (χ4v) is 4.17. The third-order valence-electron chi connectivity index (χ3n) is 6.07. The minimum absolute atomic E-state index is 0.0761. The molecular weight excluding hydrogens is 482 g/mol. The van der Waals surface area contributed by atoms with Gasteiger partial charge in [0.25, 0.3) is 0 Å². The van der Waals surface area contributed by atoms with Gasteiger partial charge in [0.1, 0.15) is 5.60 Å². The number of hydrogen-bond donors (Lipinski definition) is 3. The van der Waals surface area contributed by atoms with E-state index in [2.05, 4.69) is 5.32 Å². The van der Waals surface area contributed by atoms with Gasteiger partial charge in [-0.05, 0) is 51.2 Å². The number of carboxylic acids is 1. The molecule has 200 valence electrons. The van der Waals surface area contributed by atoms with Crippen molar-refractivity contribution in [2.24, 2.45) is 5.92 Å². The maximum absolute atomic E-state index is 12.7. The summed E-state index contributed by atoms with van der Waals surface area (Å²) in [4.78, 5) is 37.2. The number of aliphatic carboxylic acids is 1. The third kappa shape index (κ3) is 8.85. The molecule has 0 bridgehead atoms. The first-order valence-corrected chi connectivity index (χ1v) is 12.6. The monoisotopic (exact) mass is 517 g/mol. The van der Waals surface area contributed by atoms with E-state index in [-0.39, 0.29) is 18.6 Å². The fraction of sp³-hybridized carbons (Fsp3) is 0.323. The van der Waals surface area contributed by atoms with Crippen molar-refractivity contribution >= 4 is 17.8 Å². The van der Waals surface area contributed by atoms with Crippen LogP contribution in [-0.4, -0.2) is 45.8 Å². The highest BCUT2D eigenvalue weighted by molar-refractivity contribution is 6.08.